The quantitative estimate of drug-likeness (QED) is 0.630. The summed E-state index contributed by atoms with van der Waals surface area (Å²) in [5.41, 5.74) is 3.67. The Labute approximate surface area is 156 Å². The first-order valence-electron chi connectivity index (χ1n) is 7.93. The van der Waals surface area contributed by atoms with Gasteiger partial charge in [-0.05, 0) is 56.4 Å². The number of fused-ring (bicyclic) bond motifs is 1. The fraction of sp³-hybridized carbons (Fsp3) is 0.158. The molecule has 0 saturated heterocycles. The van der Waals surface area contributed by atoms with Gasteiger partial charge in [-0.1, -0.05) is 17.2 Å². The van der Waals surface area contributed by atoms with Gasteiger partial charge in [-0.15, -0.1) is 0 Å². The molecule has 2 aromatic carbocycles. The van der Waals surface area contributed by atoms with Crippen molar-refractivity contribution in [3.8, 4) is 0 Å². The molecule has 2 N–H and O–H groups in total. The Bertz CT molecular complexity index is 948. The summed E-state index contributed by atoms with van der Waals surface area (Å²) < 4.78 is 0. The average molecular weight is 367 g/mol. The lowest BCUT2D eigenvalue weighted by molar-refractivity contribution is 0.0692. The first-order valence-corrected chi connectivity index (χ1v) is 8.34. The number of rotatable bonds is 2. The molecule has 0 atom stereocenters. The third kappa shape index (κ3) is 3.34. The lowest BCUT2D eigenvalue weighted by atomic mass is 10.1. The first-order chi connectivity index (χ1) is 12.3. The van der Waals surface area contributed by atoms with Crippen molar-refractivity contribution in [3.05, 3.63) is 64.2 Å². The summed E-state index contributed by atoms with van der Waals surface area (Å²) in [7, 11) is 1.44. The summed E-state index contributed by atoms with van der Waals surface area (Å²) in [5.74, 6) is -1.01. The number of anilines is 1. The number of benzene rings is 2. The SMILES string of the molecule is Cc1cc(C)cc(C(=O)NC(=S)Nc2ccc3c(c2)C(=O)N(C)C3=O)c1. The minimum Gasteiger partial charge on any atom is -0.332 e. The molecule has 1 heterocycles. The molecule has 0 radical (unpaired) electrons. The van der Waals surface area contributed by atoms with Crippen LogP contribution in [0.4, 0.5) is 5.69 Å². The van der Waals surface area contributed by atoms with E-state index in [1.165, 1.54) is 7.05 Å². The van der Waals surface area contributed by atoms with E-state index in [0.717, 1.165) is 16.0 Å². The van der Waals surface area contributed by atoms with Gasteiger partial charge in [0.1, 0.15) is 0 Å². The number of hydrogen-bond acceptors (Lipinski definition) is 4. The fourth-order valence-electron chi connectivity index (χ4n) is 2.88. The molecule has 0 aromatic heterocycles. The first kappa shape index (κ1) is 17.8. The van der Waals surface area contributed by atoms with Gasteiger partial charge in [-0.25, -0.2) is 0 Å². The van der Waals surface area contributed by atoms with Crippen molar-refractivity contribution in [2.45, 2.75) is 13.8 Å². The second-order valence-electron chi connectivity index (χ2n) is 6.21. The monoisotopic (exact) mass is 367 g/mol. The van der Waals surface area contributed by atoms with Gasteiger partial charge >= 0.3 is 0 Å². The number of nitrogens with zero attached hydrogens (tertiary/aromatic N) is 1. The topological polar surface area (TPSA) is 78.5 Å². The highest BCUT2D eigenvalue weighted by atomic mass is 32.1. The Kier molecular flexibility index (Phi) is 4.56. The van der Waals surface area contributed by atoms with Gasteiger partial charge in [-0.2, -0.15) is 0 Å². The highest BCUT2D eigenvalue weighted by Crippen LogP contribution is 2.24. The molecule has 132 valence electrons. The van der Waals surface area contributed by atoms with Gasteiger partial charge in [0.25, 0.3) is 17.7 Å². The predicted octanol–water partition coefficient (Wildman–Crippen LogP) is 2.66. The molecule has 2 aromatic rings. The summed E-state index contributed by atoms with van der Waals surface area (Å²) in [4.78, 5) is 37.3. The number of thiocarbonyl (C=S) groups is 1. The maximum Gasteiger partial charge on any atom is 0.261 e. The molecular weight excluding hydrogens is 350 g/mol. The molecule has 0 aliphatic carbocycles. The maximum absolute atomic E-state index is 12.3. The van der Waals surface area contributed by atoms with Crippen LogP contribution in [-0.4, -0.2) is 34.8 Å². The Morgan fingerprint density at radius 3 is 2.23 bits per heavy atom. The summed E-state index contributed by atoms with van der Waals surface area (Å²) >= 11 is 5.18. The van der Waals surface area contributed by atoms with E-state index in [2.05, 4.69) is 10.6 Å². The number of nitrogens with one attached hydrogen (secondary N) is 2. The molecule has 0 saturated carbocycles. The molecule has 1 aliphatic heterocycles. The number of aryl methyl sites for hydroxylation is 2. The van der Waals surface area contributed by atoms with Crippen molar-refractivity contribution >= 4 is 40.7 Å². The summed E-state index contributed by atoms with van der Waals surface area (Å²) in [5, 5.41) is 5.59. The number of imide groups is 1. The van der Waals surface area contributed by atoms with Crippen LogP contribution in [0.15, 0.2) is 36.4 Å². The highest BCUT2D eigenvalue weighted by Gasteiger charge is 2.32. The van der Waals surface area contributed by atoms with E-state index in [-0.39, 0.29) is 22.8 Å². The van der Waals surface area contributed by atoms with Crippen LogP contribution in [0.25, 0.3) is 0 Å². The molecule has 1 aliphatic rings. The zero-order chi connectivity index (χ0) is 19.0. The molecule has 6 nitrogen and oxygen atoms in total. The van der Waals surface area contributed by atoms with E-state index in [0.29, 0.717) is 22.4 Å². The molecule has 26 heavy (non-hydrogen) atoms. The van der Waals surface area contributed by atoms with Crippen LogP contribution in [0.1, 0.15) is 42.2 Å². The van der Waals surface area contributed by atoms with E-state index in [1.807, 2.05) is 19.9 Å². The molecule has 3 amide bonds. The van der Waals surface area contributed by atoms with Gasteiger partial charge < -0.3 is 5.32 Å². The zero-order valence-corrected chi connectivity index (χ0v) is 15.4. The second kappa shape index (κ2) is 6.68. The van der Waals surface area contributed by atoms with Crippen LogP contribution in [0.3, 0.4) is 0 Å². The van der Waals surface area contributed by atoms with Crippen molar-refractivity contribution in [1.29, 1.82) is 0 Å². The Morgan fingerprint density at radius 2 is 1.58 bits per heavy atom. The zero-order valence-electron chi connectivity index (χ0n) is 14.5. The van der Waals surface area contributed by atoms with Crippen molar-refractivity contribution < 1.29 is 14.4 Å². The van der Waals surface area contributed by atoms with Crippen LogP contribution in [0, 0.1) is 13.8 Å². The summed E-state index contributed by atoms with van der Waals surface area (Å²) in [6, 6.07) is 10.3. The third-order valence-corrected chi connectivity index (χ3v) is 4.26. The normalized spacial score (nSPS) is 12.8. The maximum atomic E-state index is 12.3. The van der Waals surface area contributed by atoms with Gasteiger partial charge in [0.2, 0.25) is 0 Å². The largest absolute Gasteiger partial charge is 0.332 e. The minimum atomic E-state index is -0.362. The van der Waals surface area contributed by atoms with Crippen LogP contribution in [0.2, 0.25) is 0 Å². The lowest BCUT2D eigenvalue weighted by Crippen LogP contribution is -2.34. The van der Waals surface area contributed by atoms with Gasteiger partial charge in [-0.3, -0.25) is 24.6 Å². The van der Waals surface area contributed by atoms with Crippen LogP contribution >= 0.6 is 12.2 Å². The highest BCUT2D eigenvalue weighted by molar-refractivity contribution is 7.80. The van der Waals surface area contributed by atoms with E-state index < -0.39 is 0 Å². The van der Waals surface area contributed by atoms with E-state index in [4.69, 9.17) is 12.2 Å². The molecule has 0 fully saturated rings. The smallest absolute Gasteiger partial charge is 0.261 e. The van der Waals surface area contributed by atoms with Crippen molar-refractivity contribution in [2.24, 2.45) is 0 Å². The lowest BCUT2D eigenvalue weighted by Gasteiger charge is -2.11. The molecular formula is C19H17N3O3S. The van der Waals surface area contributed by atoms with E-state index in [1.54, 1.807) is 30.3 Å². The van der Waals surface area contributed by atoms with Crippen LogP contribution < -0.4 is 10.6 Å². The number of carbonyl (C=O) groups is 3. The third-order valence-electron chi connectivity index (χ3n) is 4.06. The standard InChI is InChI=1S/C19H17N3O3S/c1-10-6-11(2)8-12(7-10)16(23)21-19(26)20-13-4-5-14-15(9-13)18(25)22(3)17(14)24/h4-9H,1-3H3,(H2,20,21,23,26). The van der Waals surface area contributed by atoms with Crippen molar-refractivity contribution in [3.63, 3.8) is 0 Å². The van der Waals surface area contributed by atoms with Crippen LogP contribution in [-0.2, 0) is 0 Å². The van der Waals surface area contributed by atoms with E-state index >= 15 is 0 Å². The molecule has 3 rings (SSSR count). The van der Waals surface area contributed by atoms with E-state index in [9.17, 15) is 14.4 Å². The Hall–Kier alpha value is -3.06. The van der Waals surface area contributed by atoms with Gasteiger partial charge in [0, 0.05) is 18.3 Å². The Morgan fingerprint density at radius 1 is 0.962 bits per heavy atom. The minimum absolute atomic E-state index is 0.110. The number of carbonyl (C=O) groups excluding carboxylic acids is 3. The number of amides is 3. The average Bonchev–Trinajstić information content (AvgIpc) is 2.78. The van der Waals surface area contributed by atoms with Gasteiger partial charge in [0.05, 0.1) is 11.1 Å². The van der Waals surface area contributed by atoms with Crippen molar-refractivity contribution in [1.82, 2.24) is 10.2 Å². The molecule has 7 heteroatoms. The van der Waals surface area contributed by atoms with Gasteiger partial charge in [0.15, 0.2) is 5.11 Å². The molecule has 0 spiro atoms. The fourth-order valence-corrected chi connectivity index (χ4v) is 3.09. The second-order valence-corrected chi connectivity index (χ2v) is 6.62. The summed E-state index contributed by atoms with van der Waals surface area (Å²) in [6.45, 7) is 3.83. The van der Waals surface area contributed by atoms with Crippen LogP contribution in [0.5, 0.6) is 0 Å². The summed E-state index contributed by atoms with van der Waals surface area (Å²) in [6.07, 6.45) is 0. The Balaban J connectivity index is 1.72. The predicted molar refractivity (Wildman–Crippen MR) is 102 cm³/mol. The van der Waals surface area contributed by atoms with Crippen molar-refractivity contribution in [2.75, 3.05) is 12.4 Å². The molecule has 0 bridgehead atoms. The molecule has 0 unspecified atom stereocenters. The number of hydrogen-bond donors (Lipinski definition) is 2.